The molecule has 0 saturated heterocycles. The second-order valence-electron chi connectivity index (χ2n) is 4.62. The zero-order chi connectivity index (χ0) is 15.0. The first kappa shape index (κ1) is 13.5. The fourth-order valence-corrected chi connectivity index (χ4v) is 2.09. The number of fused-ring (bicyclic) bond motifs is 1. The van der Waals surface area contributed by atoms with Crippen LogP contribution in [-0.2, 0) is 0 Å². The number of phenolic OH excluding ortho intramolecular Hbond substituents is 1. The lowest BCUT2D eigenvalue weighted by Crippen LogP contribution is -2.04. The van der Waals surface area contributed by atoms with Gasteiger partial charge in [-0.1, -0.05) is 11.6 Å². The number of aromatic hydroxyl groups is 1. The molecule has 0 aliphatic carbocycles. The number of ether oxygens (including phenoxy) is 1. The molecule has 1 aromatic heterocycles. The fraction of sp³-hybridized carbons (Fsp3) is 0.0625. The van der Waals surface area contributed by atoms with Gasteiger partial charge in [0.2, 0.25) is 11.2 Å². The monoisotopic (exact) mass is 302 g/mol. The molecule has 0 aliphatic rings. The van der Waals surface area contributed by atoms with Gasteiger partial charge in [-0.2, -0.15) is 0 Å². The lowest BCUT2D eigenvalue weighted by molar-refractivity contribution is 0.448. The largest absolute Gasteiger partial charge is 0.508 e. The molecule has 2 aromatic carbocycles. The maximum Gasteiger partial charge on any atom is 0.235 e. The number of phenols is 1. The molecule has 1 N–H and O–H groups in total. The molecule has 5 heteroatoms. The van der Waals surface area contributed by atoms with Gasteiger partial charge in [0.25, 0.3) is 0 Å². The Labute approximate surface area is 125 Å². The average Bonchev–Trinajstić information content (AvgIpc) is 2.46. The minimum Gasteiger partial charge on any atom is -0.508 e. The number of halogens is 1. The zero-order valence-corrected chi connectivity index (χ0v) is 11.8. The number of hydrogen-bond acceptors (Lipinski definition) is 4. The maximum absolute atomic E-state index is 12.3. The highest BCUT2D eigenvalue weighted by Crippen LogP contribution is 2.26. The van der Waals surface area contributed by atoms with Gasteiger partial charge in [-0.05, 0) is 42.8 Å². The summed E-state index contributed by atoms with van der Waals surface area (Å²) in [6.45, 7) is 1.85. The summed E-state index contributed by atoms with van der Waals surface area (Å²) < 4.78 is 10.9. The fourth-order valence-electron chi connectivity index (χ4n) is 1.98. The van der Waals surface area contributed by atoms with Crippen LogP contribution in [0.1, 0.15) is 5.56 Å². The van der Waals surface area contributed by atoms with Crippen molar-refractivity contribution in [1.82, 2.24) is 0 Å². The van der Waals surface area contributed by atoms with Crippen molar-refractivity contribution >= 4 is 22.6 Å². The topological polar surface area (TPSA) is 59.7 Å². The second kappa shape index (κ2) is 5.14. The summed E-state index contributed by atoms with van der Waals surface area (Å²) in [7, 11) is 0. The first-order valence-electron chi connectivity index (χ1n) is 6.23. The van der Waals surface area contributed by atoms with Crippen molar-refractivity contribution in [3.63, 3.8) is 0 Å². The van der Waals surface area contributed by atoms with E-state index >= 15 is 0 Å². The van der Waals surface area contributed by atoms with Crippen molar-refractivity contribution < 1.29 is 14.3 Å². The van der Waals surface area contributed by atoms with E-state index in [-0.39, 0.29) is 16.9 Å². The third-order valence-electron chi connectivity index (χ3n) is 3.08. The Morgan fingerprint density at radius 3 is 2.76 bits per heavy atom. The van der Waals surface area contributed by atoms with E-state index in [1.807, 2.05) is 6.92 Å². The SMILES string of the molecule is Cc1cc(Oc2coc3cc(O)ccc3c2=O)ccc1Cl. The Kier molecular flexibility index (Phi) is 3.31. The molecular weight excluding hydrogens is 292 g/mol. The standard InChI is InChI=1S/C16H11ClO4/c1-9-6-11(3-5-13(9)17)21-15-8-20-14-7-10(18)2-4-12(14)16(15)19/h2-8,18H,1H3. The van der Waals surface area contributed by atoms with Gasteiger partial charge in [0.1, 0.15) is 23.3 Å². The Morgan fingerprint density at radius 1 is 1.19 bits per heavy atom. The summed E-state index contributed by atoms with van der Waals surface area (Å²) >= 11 is 5.95. The average molecular weight is 303 g/mol. The number of benzene rings is 2. The Morgan fingerprint density at radius 2 is 2.00 bits per heavy atom. The molecule has 0 unspecified atom stereocenters. The van der Waals surface area contributed by atoms with Crippen molar-refractivity contribution in [2.24, 2.45) is 0 Å². The van der Waals surface area contributed by atoms with Crippen LogP contribution in [0, 0.1) is 6.92 Å². The van der Waals surface area contributed by atoms with Gasteiger partial charge in [0, 0.05) is 11.1 Å². The van der Waals surface area contributed by atoms with Crippen molar-refractivity contribution in [2.75, 3.05) is 0 Å². The number of rotatable bonds is 2. The minimum atomic E-state index is -0.302. The van der Waals surface area contributed by atoms with Crippen LogP contribution >= 0.6 is 11.6 Å². The van der Waals surface area contributed by atoms with Crippen molar-refractivity contribution in [3.8, 4) is 17.2 Å². The molecule has 4 nitrogen and oxygen atoms in total. The van der Waals surface area contributed by atoms with Gasteiger partial charge in [-0.25, -0.2) is 0 Å². The van der Waals surface area contributed by atoms with Crippen LogP contribution in [-0.4, -0.2) is 5.11 Å². The molecule has 3 rings (SSSR count). The van der Waals surface area contributed by atoms with Gasteiger partial charge in [-0.15, -0.1) is 0 Å². The van der Waals surface area contributed by atoms with Crippen LogP contribution in [0.15, 0.2) is 51.9 Å². The van der Waals surface area contributed by atoms with Crippen molar-refractivity contribution in [3.05, 3.63) is 63.5 Å². The van der Waals surface area contributed by atoms with Crippen molar-refractivity contribution in [2.45, 2.75) is 6.92 Å². The molecule has 0 saturated carbocycles. The summed E-state index contributed by atoms with van der Waals surface area (Å²) in [6, 6.07) is 9.42. The normalized spacial score (nSPS) is 10.8. The molecule has 0 radical (unpaired) electrons. The van der Waals surface area contributed by atoms with Crippen LogP contribution in [0.3, 0.4) is 0 Å². The van der Waals surface area contributed by atoms with Crippen LogP contribution in [0.5, 0.6) is 17.2 Å². The van der Waals surface area contributed by atoms with Crippen molar-refractivity contribution in [1.29, 1.82) is 0 Å². The molecule has 0 amide bonds. The van der Waals surface area contributed by atoms with Gasteiger partial charge in [0.15, 0.2) is 0 Å². The maximum atomic E-state index is 12.3. The summed E-state index contributed by atoms with van der Waals surface area (Å²) in [5, 5.41) is 10.3. The van der Waals surface area contributed by atoms with Gasteiger partial charge < -0.3 is 14.3 Å². The summed E-state index contributed by atoms with van der Waals surface area (Å²) in [6.07, 6.45) is 1.23. The molecule has 1 heterocycles. The molecule has 0 aliphatic heterocycles. The number of aryl methyl sites for hydroxylation is 1. The summed E-state index contributed by atoms with van der Waals surface area (Å²) in [5.41, 5.74) is 0.854. The molecule has 106 valence electrons. The third-order valence-corrected chi connectivity index (χ3v) is 3.51. The molecule has 0 fully saturated rings. The van der Waals surface area contributed by atoms with Crippen LogP contribution < -0.4 is 10.2 Å². The Hall–Kier alpha value is -2.46. The van der Waals surface area contributed by atoms with E-state index in [1.165, 1.54) is 24.5 Å². The highest BCUT2D eigenvalue weighted by molar-refractivity contribution is 6.31. The Bertz CT molecular complexity index is 883. The second-order valence-corrected chi connectivity index (χ2v) is 5.03. The van der Waals surface area contributed by atoms with E-state index in [0.29, 0.717) is 21.7 Å². The molecule has 3 aromatic rings. The van der Waals surface area contributed by atoms with Gasteiger partial charge in [0.05, 0.1) is 5.39 Å². The van der Waals surface area contributed by atoms with E-state index in [2.05, 4.69) is 0 Å². The molecular formula is C16H11ClO4. The lowest BCUT2D eigenvalue weighted by Gasteiger charge is -2.07. The minimum absolute atomic E-state index is 0.0349. The van der Waals surface area contributed by atoms with E-state index in [0.717, 1.165) is 5.56 Å². The molecule has 0 bridgehead atoms. The van der Waals surface area contributed by atoms with Crippen LogP contribution in [0.2, 0.25) is 5.02 Å². The smallest absolute Gasteiger partial charge is 0.235 e. The lowest BCUT2D eigenvalue weighted by atomic mass is 10.2. The van der Waals surface area contributed by atoms with Gasteiger partial charge in [-0.3, -0.25) is 4.79 Å². The summed E-state index contributed by atoms with van der Waals surface area (Å²) in [4.78, 5) is 12.3. The van der Waals surface area contributed by atoms with E-state index in [9.17, 15) is 9.90 Å². The molecule has 21 heavy (non-hydrogen) atoms. The quantitative estimate of drug-likeness (QED) is 0.768. The predicted molar refractivity (Wildman–Crippen MR) is 80.4 cm³/mol. The van der Waals surface area contributed by atoms with Crippen LogP contribution in [0.25, 0.3) is 11.0 Å². The predicted octanol–water partition coefficient (Wildman–Crippen LogP) is 4.25. The third kappa shape index (κ3) is 2.58. The summed E-state index contributed by atoms with van der Waals surface area (Å²) in [5.74, 6) is 0.616. The molecule has 0 atom stereocenters. The Balaban J connectivity index is 2.05. The highest BCUT2D eigenvalue weighted by Gasteiger charge is 2.10. The van der Waals surface area contributed by atoms with E-state index in [4.69, 9.17) is 20.8 Å². The van der Waals surface area contributed by atoms with E-state index < -0.39 is 0 Å². The van der Waals surface area contributed by atoms with Gasteiger partial charge >= 0.3 is 0 Å². The number of hydrogen-bond donors (Lipinski definition) is 1. The first-order valence-corrected chi connectivity index (χ1v) is 6.61. The van der Waals surface area contributed by atoms with E-state index in [1.54, 1.807) is 18.2 Å². The first-order chi connectivity index (χ1) is 10.0. The zero-order valence-electron chi connectivity index (χ0n) is 11.1. The van der Waals surface area contributed by atoms with Crippen LogP contribution in [0.4, 0.5) is 0 Å². The molecule has 0 spiro atoms. The highest BCUT2D eigenvalue weighted by atomic mass is 35.5.